The fourth-order valence-corrected chi connectivity index (χ4v) is 4.36. The van der Waals surface area contributed by atoms with Crippen LogP contribution in [0, 0.1) is 0 Å². The number of methoxy groups -OCH3 is 1. The third-order valence-corrected chi connectivity index (χ3v) is 6.52. The number of carbonyl (C=O) groups excluding carboxylic acids is 1. The van der Waals surface area contributed by atoms with Crippen molar-refractivity contribution in [1.29, 1.82) is 0 Å². The number of hydrazone groups is 1. The first-order valence-corrected chi connectivity index (χ1v) is 12.1. The van der Waals surface area contributed by atoms with Gasteiger partial charge in [0, 0.05) is 9.86 Å². The summed E-state index contributed by atoms with van der Waals surface area (Å²) in [5, 5.41) is 5.78. The van der Waals surface area contributed by atoms with Crippen LogP contribution in [0.1, 0.15) is 21.7 Å². The molecule has 0 bridgehead atoms. The Kier molecular flexibility index (Phi) is 7.83. The number of nitrogens with zero attached hydrogens (tertiary/aromatic N) is 1. The summed E-state index contributed by atoms with van der Waals surface area (Å²) in [6.45, 7) is 0.267. The Morgan fingerprint density at radius 2 is 1.91 bits per heavy atom. The highest BCUT2D eigenvalue weighted by molar-refractivity contribution is 9.10. The van der Waals surface area contributed by atoms with Gasteiger partial charge in [-0.1, -0.05) is 45.2 Å². The van der Waals surface area contributed by atoms with E-state index in [4.69, 9.17) is 37.1 Å². The fourth-order valence-electron chi connectivity index (χ4n) is 3.09. The SMILES string of the molecule is COc1cc(/C=N/NC(=O)c2cc3cc(Br)ccc3o2)cc(Br)c1OCc1ccc(Cl)c(Cl)c1. The molecule has 0 aliphatic rings. The number of amides is 1. The average Bonchev–Trinajstić information content (AvgIpc) is 3.23. The zero-order chi connectivity index (χ0) is 24.2. The standard InChI is InChI=1S/C24H16Br2Cl2N2O4/c1-32-21-8-14(6-17(26)23(21)33-12-13-2-4-18(27)19(28)7-13)11-29-30-24(31)22-10-15-9-16(25)3-5-20(15)34-22/h2-11H,12H2,1H3,(H,30,31)/b29-11+. The number of halogens is 4. The van der Waals surface area contributed by atoms with E-state index in [0.717, 1.165) is 15.4 Å². The Balaban J connectivity index is 1.44. The van der Waals surface area contributed by atoms with Crippen molar-refractivity contribution in [2.75, 3.05) is 7.11 Å². The fraction of sp³-hybridized carbons (Fsp3) is 0.0833. The van der Waals surface area contributed by atoms with E-state index in [0.29, 0.717) is 37.2 Å². The van der Waals surface area contributed by atoms with Gasteiger partial charge in [0.2, 0.25) is 0 Å². The predicted molar refractivity (Wildman–Crippen MR) is 140 cm³/mol. The van der Waals surface area contributed by atoms with E-state index in [1.165, 1.54) is 13.3 Å². The van der Waals surface area contributed by atoms with Crippen molar-refractivity contribution in [3.63, 3.8) is 0 Å². The summed E-state index contributed by atoms with van der Waals surface area (Å²) in [6.07, 6.45) is 1.49. The van der Waals surface area contributed by atoms with E-state index in [1.54, 1.807) is 36.4 Å². The lowest BCUT2D eigenvalue weighted by molar-refractivity contribution is 0.0929. The minimum atomic E-state index is -0.462. The molecule has 4 aromatic rings. The Bertz CT molecular complexity index is 1410. The zero-order valence-electron chi connectivity index (χ0n) is 17.6. The molecule has 34 heavy (non-hydrogen) atoms. The minimum Gasteiger partial charge on any atom is -0.493 e. The van der Waals surface area contributed by atoms with Crippen molar-refractivity contribution >= 4 is 78.2 Å². The van der Waals surface area contributed by atoms with Crippen LogP contribution in [0.15, 0.2) is 73.1 Å². The molecule has 0 saturated carbocycles. The second-order valence-corrected chi connectivity index (χ2v) is 9.65. The van der Waals surface area contributed by atoms with E-state index < -0.39 is 5.91 Å². The molecule has 0 unspecified atom stereocenters. The summed E-state index contributed by atoms with van der Waals surface area (Å²) in [5.74, 6) is 0.708. The van der Waals surface area contributed by atoms with Crippen molar-refractivity contribution in [3.8, 4) is 11.5 Å². The van der Waals surface area contributed by atoms with Gasteiger partial charge >= 0.3 is 5.91 Å². The first-order valence-electron chi connectivity index (χ1n) is 9.81. The van der Waals surface area contributed by atoms with Crippen molar-refractivity contribution in [2.45, 2.75) is 6.61 Å². The molecule has 1 amide bonds. The highest BCUT2D eigenvalue weighted by Gasteiger charge is 2.14. The molecule has 1 aromatic heterocycles. The maximum absolute atomic E-state index is 12.4. The van der Waals surface area contributed by atoms with Gasteiger partial charge in [0.15, 0.2) is 17.3 Å². The van der Waals surface area contributed by atoms with Crippen LogP contribution in [0.3, 0.4) is 0 Å². The molecule has 6 nitrogen and oxygen atoms in total. The summed E-state index contributed by atoms with van der Waals surface area (Å²) in [5.41, 5.74) is 4.62. The molecule has 4 rings (SSSR count). The maximum atomic E-state index is 12.4. The van der Waals surface area contributed by atoms with E-state index >= 15 is 0 Å². The molecule has 0 aliphatic carbocycles. The number of fused-ring (bicyclic) bond motifs is 1. The van der Waals surface area contributed by atoms with Gasteiger partial charge in [-0.2, -0.15) is 5.10 Å². The van der Waals surface area contributed by atoms with Crippen LogP contribution < -0.4 is 14.9 Å². The smallest absolute Gasteiger partial charge is 0.307 e. The molecule has 174 valence electrons. The van der Waals surface area contributed by atoms with Gasteiger partial charge in [-0.15, -0.1) is 0 Å². The van der Waals surface area contributed by atoms with Crippen LogP contribution in [0.5, 0.6) is 11.5 Å². The van der Waals surface area contributed by atoms with E-state index in [2.05, 4.69) is 42.4 Å². The number of furan rings is 1. The van der Waals surface area contributed by atoms with Crippen LogP contribution in [-0.4, -0.2) is 19.2 Å². The van der Waals surface area contributed by atoms with Crippen LogP contribution in [0.2, 0.25) is 10.0 Å². The van der Waals surface area contributed by atoms with Crippen LogP contribution >= 0.6 is 55.1 Å². The molecule has 10 heteroatoms. The van der Waals surface area contributed by atoms with E-state index in [1.807, 2.05) is 18.2 Å². The van der Waals surface area contributed by atoms with Gasteiger partial charge in [0.1, 0.15) is 12.2 Å². The molecule has 0 saturated heterocycles. The van der Waals surface area contributed by atoms with Gasteiger partial charge in [-0.05, 0) is 75.6 Å². The molecular weight excluding hydrogens is 611 g/mol. The Labute approximate surface area is 222 Å². The number of rotatable bonds is 7. The molecule has 0 fully saturated rings. The van der Waals surface area contributed by atoms with Crippen LogP contribution in [-0.2, 0) is 6.61 Å². The van der Waals surface area contributed by atoms with Gasteiger partial charge < -0.3 is 13.9 Å². The zero-order valence-corrected chi connectivity index (χ0v) is 22.3. The lowest BCUT2D eigenvalue weighted by Crippen LogP contribution is -2.16. The maximum Gasteiger partial charge on any atom is 0.307 e. The van der Waals surface area contributed by atoms with E-state index in [9.17, 15) is 4.79 Å². The molecule has 0 atom stereocenters. The Morgan fingerprint density at radius 1 is 1.09 bits per heavy atom. The number of carbonyl (C=O) groups is 1. The first kappa shape index (κ1) is 24.6. The van der Waals surface area contributed by atoms with Crippen molar-refractivity contribution in [2.24, 2.45) is 5.10 Å². The predicted octanol–water partition coefficient (Wildman–Crippen LogP) is 7.62. The molecule has 0 aliphatic heterocycles. The molecule has 3 aromatic carbocycles. The van der Waals surface area contributed by atoms with Crippen molar-refractivity contribution < 1.29 is 18.7 Å². The summed E-state index contributed by atoms with van der Waals surface area (Å²) >= 11 is 18.9. The third kappa shape index (κ3) is 5.75. The summed E-state index contributed by atoms with van der Waals surface area (Å²) in [4.78, 5) is 12.4. The van der Waals surface area contributed by atoms with Gasteiger partial charge in [-0.3, -0.25) is 4.79 Å². The monoisotopic (exact) mass is 624 g/mol. The largest absolute Gasteiger partial charge is 0.493 e. The highest BCUT2D eigenvalue weighted by atomic mass is 79.9. The number of nitrogens with one attached hydrogen (secondary N) is 1. The number of hydrogen-bond acceptors (Lipinski definition) is 5. The molecule has 0 radical (unpaired) electrons. The molecule has 1 N–H and O–H groups in total. The average molecular weight is 627 g/mol. The topological polar surface area (TPSA) is 73.1 Å². The van der Waals surface area contributed by atoms with Crippen molar-refractivity contribution in [3.05, 3.63) is 90.5 Å². The summed E-state index contributed by atoms with van der Waals surface area (Å²) in [7, 11) is 1.54. The Morgan fingerprint density at radius 3 is 2.68 bits per heavy atom. The van der Waals surface area contributed by atoms with Gasteiger partial charge in [-0.25, -0.2) is 5.43 Å². The van der Waals surface area contributed by atoms with E-state index in [-0.39, 0.29) is 12.4 Å². The quantitative estimate of drug-likeness (QED) is 0.169. The van der Waals surface area contributed by atoms with Crippen LogP contribution in [0.4, 0.5) is 0 Å². The minimum absolute atomic E-state index is 0.162. The number of benzene rings is 3. The Hall–Kier alpha value is -2.52. The third-order valence-electron chi connectivity index (χ3n) is 4.70. The van der Waals surface area contributed by atoms with Gasteiger partial charge in [0.05, 0.1) is 27.8 Å². The van der Waals surface area contributed by atoms with Crippen LogP contribution in [0.25, 0.3) is 11.0 Å². The second kappa shape index (κ2) is 10.8. The highest BCUT2D eigenvalue weighted by Crippen LogP contribution is 2.37. The van der Waals surface area contributed by atoms with Gasteiger partial charge in [0.25, 0.3) is 0 Å². The lowest BCUT2D eigenvalue weighted by atomic mass is 10.2. The summed E-state index contributed by atoms with van der Waals surface area (Å²) < 4.78 is 18.5. The molecule has 0 spiro atoms. The molecule has 1 heterocycles. The number of hydrogen-bond donors (Lipinski definition) is 1. The second-order valence-electron chi connectivity index (χ2n) is 7.06. The lowest BCUT2D eigenvalue weighted by Gasteiger charge is -2.14. The van der Waals surface area contributed by atoms with Crippen molar-refractivity contribution in [1.82, 2.24) is 5.43 Å². The summed E-state index contributed by atoms with van der Waals surface area (Å²) in [6, 6.07) is 16.0. The molecular formula is C24H16Br2Cl2N2O4. The first-order chi connectivity index (χ1) is 16.3. The number of ether oxygens (including phenoxy) is 2. The normalized spacial score (nSPS) is 11.2.